The normalized spacial score (nSPS) is 10.1. The van der Waals surface area contributed by atoms with Gasteiger partial charge in [-0.05, 0) is 20.8 Å². The number of carbonyl (C=O) groups is 1. The Morgan fingerprint density at radius 2 is 2.15 bits per heavy atom. The van der Waals surface area contributed by atoms with Crippen molar-refractivity contribution in [3.05, 3.63) is 12.2 Å². The maximum Gasteiger partial charge on any atom is 0.333 e. The zero-order chi connectivity index (χ0) is 10.5. The zero-order valence-corrected chi connectivity index (χ0v) is 8.09. The fourth-order valence-corrected chi connectivity index (χ4v) is 0.593. The van der Waals surface area contributed by atoms with Crippen molar-refractivity contribution in [2.75, 3.05) is 6.54 Å². The van der Waals surface area contributed by atoms with E-state index in [2.05, 4.69) is 11.6 Å². The summed E-state index contributed by atoms with van der Waals surface area (Å²) in [7, 11) is 0. The average molecular weight is 183 g/mol. The van der Waals surface area contributed by atoms with Crippen molar-refractivity contribution in [1.29, 1.82) is 0 Å². The maximum absolute atomic E-state index is 11.1. The van der Waals surface area contributed by atoms with Crippen molar-refractivity contribution in [1.82, 2.24) is 0 Å². The topological polar surface area (TPSA) is 55.7 Å². The number of hydrogen-bond acceptors (Lipinski definition) is 4. The van der Waals surface area contributed by atoms with Crippen LogP contribution in [0.1, 0.15) is 20.8 Å². The van der Waals surface area contributed by atoms with Crippen LogP contribution >= 0.6 is 0 Å². The van der Waals surface area contributed by atoms with Crippen LogP contribution < -0.4 is 0 Å². The van der Waals surface area contributed by atoms with Gasteiger partial charge in [-0.2, -0.15) is 0 Å². The Hall–Kier alpha value is -1.41. The molecule has 72 valence electrons. The van der Waals surface area contributed by atoms with E-state index in [1.807, 2.05) is 0 Å². The van der Waals surface area contributed by atoms with Crippen LogP contribution in [0, 0.1) is 0 Å². The third-order valence-electron chi connectivity index (χ3n) is 1.24. The Kier molecular flexibility index (Phi) is 4.08. The molecule has 0 N–H and O–H groups in total. The van der Waals surface area contributed by atoms with E-state index in [4.69, 9.17) is 4.74 Å². The summed E-state index contributed by atoms with van der Waals surface area (Å²) < 4.78 is 4.99. The molecule has 0 aromatic heterocycles. The van der Waals surface area contributed by atoms with E-state index >= 15 is 0 Å². The number of nitrogens with zero attached hydrogens (tertiary/aromatic N) is 1. The molecule has 13 heavy (non-hydrogen) atoms. The molecule has 0 aliphatic carbocycles. The first kappa shape index (κ1) is 11.6. The van der Waals surface area contributed by atoms with Crippen molar-refractivity contribution in [2.24, 2.45) is 4.99 Å². The van der Waals surface area contributed by atoms with Gasteiger partial charge in [0, 0.05) is 5.57 Å². The van der Waals surface area contributed by atoms with Crippen molar-refractivity contribution in [3.63, 3.8) is 0 Å². The minimum absolute atomic E-state index is 0.107. The highest BCUT2D eigenvalue weighted by atomic mass is 16.6. The highest BCUT2D eigenvalue weighted by molar-refractivity contribution is 5.87. The molecule has 0 rings (SSSR count). The van der Waals surface area contributed by atoms with E-state index < -0.39 is 11.6 Å². The summed E-state index contributed by atoms with van der Waals surface area (Å²) in [5, 5.41) is 0. The summed E-state index contributed by atoms with van der Waals surface area (Å²) in [6.45, 7) is 8.42. The van der Waals surface area contributed by atoms with Gasteiger partial charge in [0.2, 0.25) is 6.08 Å². The molecule has 0 fully saturated rings. The quantitative estimate of drug-likeness (QED) is 0.285. The Labute approximate surface area is 77.3 Å². The summed E-state index contributed by atoms with van der Waals surface area (Å²) in [5.41, 5.74) is -0.462. The lowest BCUT2D eigenvalue weighted by molar-refractivity contribution is -0.150. The van der Waals surface area contributed by atoms with Gasteiger partial charge in [0.05, 0.1) is 6.54 Å². The molecule has 0 radical (unpaired) electrons. The molecule has 0 saturated heterocycles. The average Bonchev–Trinajstić information content (AvgIpc) is 2.00. The predicted molar refractivity (Wildman–Crippen MR) is 48.0 cm³/mol. The lowest BCUT2D eigenvalue weighted by atomic mass is 10.1. The van der Waals surface area contributed by atoms with Gasteiger partial charge in [-0.1, -0.05) is 6.58 Å². The summed E-state index contributed by atoms with van der Waals surface area (Å²) in [4.78, 5) is 24.2. The Morgan fingerprint density at radius 3 is 2.54 bits per heavy atom. The standard InChI is InChI=1S/C9H13NO3/c1-7(2)8(12)13-9(3,4)5-10-6-11/h1,5H2,2-4H3. The van der Waals surface area contributed by atoms with Gasteiger partial charge in [-0.25, -0.2) is 14.6 Å². The number of isocyanates is 1. The van der Waals surface area contributed by atoms with Crippen LogP contribution in [-0.2, 0) is 14.3 Å². The maximum atomic E-state index is 11.1. The van der Waals surface area contributed by atoms with Gasteiger partial charge in [0.25, 0.3) is 0 Å². The van der Waals surface area contributed by atoms with E-state index in [9.17, 15) is 9.59 Å². The first-order valence-electron chi connectivity index (χ1n) is 3.81. The summed E-state index contributed by atoms with van der Waals surface area (Å²) >= 11 is 0. The first-order chi connectivity index (χ1) is 5.89. The van der Waals surface area contributed by atoms with Crippen LogP contribution in [0.15, 0.2) is 17.1 Å². The van der Waals surface area contributed by atoms with Crippen molar-refractivity contribution in [2.45, 2.75) is 26.4 Å². The number of ether oxygens (including phenoxy) is 1. The molecular formula is C9H13NO3. The van der Waals surface area contributed by atoms with Crippen LogP contribution in [0.2, 0.25) is 0 Å². The highest BCUT2D eigenvalue weighted by Crippen LogP contribution is 2.11. The molecule has 0 heterocycles. The second-order valence-corrected chi connectivity index (χ2v) is 3.34. The fourth-order valence-electron chi connectivity index (χ4n) is 0.593. The van der Waals surface area contributed by atoms with Crippen molar-refractivity contribution < 1.29 is 14.3 Å². The first-order valence-corrected chi connectivity index (χ1v) is 3.81. The second kappa shape index (κ2) is 4.58. The third-order valence-corrected chi connectivity index (χ3v) is 1.24. The molecule has 0 aliphatic rings. The Balaban J connectivity index is 4.24. The Bertz CT molecular complexity index is 262. The molecule has 0 spiro atoms. The summed E-state index contributed by atoms with van der Waals surface area (Å²) in [5.74, 6) is -0.480. The van der Waals surface area contributed by atoms with Crippen molar-refractivity contribution >= 4 is 12.0 Å². The van der Waals surface area contributed by atoms with E-state index in [1.165, 1.54) is 6.08 Å². The highest BCUT2D eigenvalue weighted by Gasteiger charge is 2.22. The number of esters is 1. The lowest BCUT2D eigenvalue weighted by Crippen LogP contribution is -2.31. The van der Waals surface area contributed by atoms with E-state index in [0.29, 0.717) is 5.57 Å². The van der Waals surface area contributed by atoms with E-state index in [1.54, 1.807) is 20.8 Å². The molecule has 4 nitrogen and oxygen atoms in total. The molecule has 0 aromatic rings. The van der Waals surface area contributed by atoms with Crippen LogP contribution in [0.5, 0.6) is 0 Å². The molecule has 0 aliphatic heterocycles. The third kappa shape index (κ3) is 4.93. The van der Waals surface area contributed by atoms with Crippen LogP contribution in [-0.4, -0.2) is 24.2 Å². The molecular weight excluding hydrogens is 170 g/mol. The zero-order valence-electron chi connectivity index (χ0n) is 8.09. The van der Waals surface area contributed by atoms with Gasteiger partial charge in [-0.15, -0.1) is 0 Å². The number of aliphatic imine (C=N–C) groups is 1. The van der Waals surface area contributed by atoms with Gasteiger partial charge >= 0.3 is 5.97 Å². The summed E-state index contributed by atoms with van der Waals surface area (Å²) in [6, 6.07) is 0. The van der Waals surface area contributed by atoms with Crippen LogP contribution in [0.3, 0.4) is 0 Å². The minimum Gasteiger partial charge on any atom is -0.454 e. The molecule has 0 amide bonds. The second-order valence-electron chi connectivity index (χ2n) is 3.34. The smallest absolute Gasteiger partial charge is 0.333 e. The molecule has 0 unspecified atom stereocenters. The predicted octanol–water partition coefficient (Wildman–Crippen LogP) is 1.22. The molecule has 0 atom stereocenters. The molecule has 0 bridgehead atoms. The molecule has 0 saturated carbocycles. The minimum atomic E-state index is -0.784. The van der Waals surface area contributed by atoms with Gasteiger partial charge < -0.3 is 4.74 Å². The van der Waals surface area contributed by atoms with Crippen molar-refractivity contribution in [3.8, 4) is 0 Å². The van der Waals surface area contributed by atoms with Crippen LogP contribution in [0.25, 0.3) is 0 Å². The lowest BCUT2D eigenvalue weighted by Gasteiger charge is -2.22. The fraction of sp³-hybridized carbons (Fsp3) is 0.556. The van der Waals surface area contributed by atoms with E-state index in [-0.39, 0.29) is 6.54 Å². The van der Waals surface area contributed by atoms with Gasteiger partial charge in [-0.3, -0.25) is 0 Å². The Morgan fingerprint density at radius 1 is 1.62 bits per heavy atom. The SMILES string of the molecule is C=C(C)C(=O)OC(C)(C)CN=C=O. The number of rotatable bonds is 4. The van der Waals surface area contributed by atoms with Gasteiger partial charge in [0.15, 0.2) is 0 Å². The largest absolute Gasteiger partial charge is 0.454 e. The monoisotopic (exact) mass is 183 g/mol. The summed E-state index contributed by atoms with van der Waals surface area (Å²) in [6.07, 6.45) is 1.39. The van der Waals surface area contributed by atoms with E-state index in [0.717, 1.165) is 0 Å². The van der Waals surface area contributed by atoms with Crippen LogP contribution in [0.4, 0.5) is 0 Å². The molecule has 4 heteroatoms. The number of carbonyl (C=O) groups excluding carboxylic acids is 2. The van der Waals surface area contributed by atoms with Gasteiger partial charge in [0.1, 0.15) is 5.60 Å². The molecule has 0 aromatic carbocycles. The number of hydrogen-bond donors (Lipinski definition) is 0.